The minimum absolute atomic E-state index is 0.193. The number of ether oxygens (including phenoxy) is 2. The largest absolute Gasteiger partial charge is 0.460 e. The molecule has 2 rings (SSSR count). The first-order valence-electron chi connectivity index (χ1n) is 6.01. The minimum Gasteiger partial charge on any atom is -0.460 e. The number of hydrogen-bond donors (Lipinski definition) is 1. The maximum atomic E-state index is 5.75. The van der Waals surface area contributed by atoms with Gasteiger partial charge in [0.1, 0.15) is 6.10 Å². The van der Waals surface area contributed by atoms with E-state index in [9.17, 15) is 0 Å². The van der Waals surface area contributed by atoms with Crippen LogP contribution in [-0.4, -0.2) is 36.3 Å². The van der Waals surface area contributed by atoms with Crippen LogP contribution in [0.15, 0.2) is 6.20 Å². The van der Waals surface area contributed by atoms with E-state index in [1.807, 2.05) is 20.2 Å². The van der Waals surface area contributed by atoms with Gasteiger partial charge in [-0.3, -0.25) is 0 Å². The van der Waals surface area contributed by atoms with Gasteiger partial charge in [0.15, 0.2) is 0 Å². The Labute approximate surface area is 102 Å². The van der Waals surface area contributed by atoms with Crippen LogP contribution in [0.4, 0.5) is 0 Å². The molecule has 1 fully saturated rings. The van der Waals surface area contributed by atoms with Crippen molar-refractivity contribution in [3.63, 3.8) is 0 Å². The molecule has 0 unspecified atom stereocenters. The Bertz CT molecular complexity index is 365. The SMILES string of the molecule is CNCc1cnc(OC2CCOCC2)nc1C. The van der Waals surface area contributed by atoms with Gasteiger partial charge in [-0.1, -0.05) is 0 Å². The molecule has 5 heteroatoms. The van der Waals surface area contributed by atoms with Crippen molar-refractivity contribution in [1.29, 1.82) is 0 Å². The van der Waals surface area contributed by atoms with Crippen molar-refractivity contribution in [1.82, 2.24) is 15.3 Å². The van der Waals surface area contributed by atoms with E-state index in [4.69, 9.17) is 9.47 Å². The summed E-state index contributed by atoms with van der Waals surface area (Å²) in [5.74, 6) is 0. The Kier molecular flexibility index (Phi) is 4.28. The van der Waals surface area contributed by atoms with E-state index in [1.54, 1.807) is 0 Å². The summed E-state index contributed by atoms with van der Waals surface area (Å²) in [6.45, 7) is 4.29. The van der Waals surface area contributed by atoms with Gasteiger partial charge in [0.25, 0.3) is 0 Å². The van der Waals surface area contributed by atoms with Crippen LogP contribution in [0.2, 0.25) is 0 Å². The van der Waals surface area contributed by atoms with Gasteiger partial charge in [0.05, 0.1) is 13.2 Å². The molecule has 17 heavy (non-hydrogen) atoms. The van der Waals surface area contributed by atoms with E-state index >= 15 is 0 Å². The Balaban J connectivity index is 1.98. The van der Waals surface area contributed by atoms with Crippen molar-refractivity contribution in [2.45, 2.75) is 32.4 Å². The van der Waals surface area contributed by atoms with Gasteiger partial charge in [0.2, 0.25) is 0 Å². The second-order valence-electron chi connectivity index (χ2n) is 4.22. The van der Waals surface area contributed by atoms with Gasteiger partial charge in [0, 0.05) is 36.8 Å². The molecule has 5 nitrogen and oxygen atoms in total. The fourth-order valence-corrected chi connectivity index (χ4v) is 1.83. The number of rotatable bonds is 4. The molecule has 2 heterocycles. The fourth-order valence-electron chi connectivity index (χ4n) is 1.83. The number of aryl methyl sites for hydroxylation is 1. The van der Waals surface area contributed by atoms with Gasteiger partial charge in [-0.15, -0.1) is 0 Å². The average Bonchev–Trinajstić information content (AvgIpc) is 2.34. The third kappa shape index (κ3) is 3.38. The molecular weight excluding hydrogens is 218 g/mol. The number of nitrogens with zero attached hydrogens (tertiary/aromatic N) is 2. The van der Waals surface area contributed by atoms with Crippen molar-refractivity contribution in [3.05, 3.63) is 17.5 Å². The molecule has 1 aliphatic rings. The van der Waals surface area contributed by atoms with Crippen molar-refractivity contribution >= 4 is 0 Å². The van der Waals surface area contributed by atoms with Crippen LogP contribution in [-0.2, 0) is 11.3 Å². The smallest absolute Gasteiger partial charge is 0.316 e. The van der Waals surface area contributed by atoms with Crippen LogP contribution in [0.25, 0.3) is 0 Å². The van der Waals surface area contributed by atoms with E-state index in [-0.39, 0.29) is 6.10 Å². The Morgan fingerprint density at radius 1 is 1.47 bits per heavy atom. The summed E-state index contributed by atoms with van der Waals surface area (Å²) in [5.41, 5.74) is 2.07. The Morgan fingerprint density at radius 3 is 2.88 bits per heavy atom. The molecule has 94 valence electrons. The van der Waals surface area contributed by atoms with Crippen LogP contribution in [0.1, 0.15) is 24.1 Å². The van der Waals surface area contributed by atoms with Gasteiger partial charge in [-0.05, 0) is 14.0 Å². The Hall–Kier alpha value is -1.20. The first-order chi connectivity index (χ1) is 8.29. The second-order valence-corrected chi connectivity index (χ2v) is 4.22. The average molecular weight is 237 g/mol. The van der Waals surface area contributed by atoms with Crippen molar-refractivity contribution in [2.24, 2.45) is 0 Å². The minimum atomic E-state index is 0.193. The molecule has 0 aliphatic carbocycles. The molecule has 0 atom stereocenters. The highest BCUT2D eigenvalue weighted by Crippen LogP contribution is 2.15. The quantitative estimate of drug-likeness (QED) is 0.848. The number of nitrogens with one attached hydrogen (secondary N) is 1. The molecule has 0 aromatic carbocycles. The highest BCUT2D eigenvalue weighted by atomic mass is 16.5. The zero-order valence-corrected chi connectivity index (χ0v) is 10.4. The fraction of sp³-hybridized carbons (Fsp3) is 0.667. The third-order valence-corrected chi connectivity index (χ3v) is 2.87. The lowest BCUT2D eigenvalue weighted by molar-refractivity contribution is 0.0216. The van der Waals surface area contributed by atoms with Crippen molar-refractivity contribution < 1.29 is 9.47 Å². The van der Waals surface area contributed by atoms with Crippen molar-refractivity contribution in [2.75, 3.05) is 20.3 Å². The zero-order chi connectivity index (χ0) is 12.1. The highest BCUT2D eigenvalue weighted by molar-refractivity contribution is 5.17. The van der Waals surface area contributed by atoms with Gasteiger partial charge in [-0.2, -0.15) is 0 Å². The lowest BCUT2D eigenvalue weighted by Gasteiger charge is -2.22. The number of aromatic nitrogens is 2. The van der Waals surface area contributed by atoms with Crippen LogP contribution >= 0.6 is 0 Å². The summed E-state index contributed by atoms with van der Waals surface area (Å²) in [7, 11) is 1.91. The van der Waals surface area contributed by atoms with Gasteiger partial charge >= 0.3 is 6.01 Å². The molecular formula is C12H19N3O2. The summed E-state index contributed by atoms with van der Waals surface area (Å²) in [5, 5.41) is 3.09. The molecule has 1 aromatic rings. The molecule has 1 aromatic heterocycles. The van der Waals surface area contributed by atoms with Crippen LogP contribution in [0.5, 0.6) is 6.01 Å². The van der Waals surface area contributed by atoms with E-state index in [2.05, 4.69) is 15.3 Å². The normalized spacial score (nSPS) is 17.1. The monoisotopic (exact) mass is 237 g/mol. The number of hydrogen-bond acceptors (Lipinski definition) is 5. The molecule has 0 spiro atoms. The molecule has 0 saturated carbocycles. The molecule has 0 bridgehead atoms. The Morgan fingerprint density at radius 2 is 2.24 bits per heavy atom. The molecule has 0 amide bonds. The third-order valence-electron chi connectivity index (χ3n) is 2.87. The summed E-state index contributed by atoms with van der Waals surface area (Å²) in [6, 6.07) is 0.481. The topological polar surface area (TPSA) is 56.3 Å². The summed E-state index contributed by atoms with van der Waals surface area (Å²) in [6.07, 6.45) is 3.85. The van der Waals surface area contributed by atoms with Crippen LogP contribution in [0, 0.1) is 6.92 Å². The van der Waals surface area contributed by atoms with Gasteiger partial charge in [-0.25, -0.2) is 9.97 Å². The van der Waals surface area contributed by atoms with E-state index in [0.29, 0.717) is 6.01 Å². The summed E-state index contributed by atoms with van der Waals surface area (Å²) in [4.78, 5) is 8.61. The first kappa shape index (κ1) is 12.3. The van der Waals surface area contributed by atoms with Crippen LogP contribution < -0.4 is 10.1 Å². The van der Waals surface area contributed by atoms with Crippen LogP contribution in [0.3, 0.4) is 0 Å². The standard InChI is InChI=1S/C12H19N3O2/c1-9-10(7-13-2)8-14-12(15-9)17-11-3-5-16-6-4-11/h8,11,13H,3-7H2,1-2H3. The summed E-state index contributed by atoms with van der Waals surface area (Å²) >= 11 is 0. The molecule has 1 N–H and O–H groups in total. The van der Waals surface area contributed by atoms with E-state index in [0.717, 1.165) is 43.9 Å². The molecule has 1 saturated heterocycles. The second kappa shape index (κ2) is 5.93. The zero-order valence-electron chi connectivity index (χ0n) is 10.4. The van der Waals surface area contributed by atoms with E-state index < -0.39 is 0 Å². The molecule has 1 aliphatic heterocycles. The maximum Gasteiger partial charge on any atom is 0.316 e. The van der Waals surface area contributed by atoms with Gasteiger partial charge < -0.3 is 14.8 Å². The van der Waals surface area contributed by atoms with Crippen molar-refractivity contribution in [3.8, 4) is 6.01 Å². The lowest BCUT2D eigenvalue weighted by atomic mass is 10.2. The molecule has 0 radical (unpaired) electrons. The highest BCUT2D eigenvalue weighted by Gasteiger charge is 2.16. The predicted octanol–water partition coefficient (Wildman–Crippen LogP) is 1.06. The van der Waals surface area contributed by atoms with E-state index in [1.165, 1.54) is 0 Å². The first-order valence-corrected chi connectivity index (χ1v) is 6.01. The summed E-state index contributed by atoms with van der Waals surface area (Å²) < 4.78 is 11.0. The lowest BCUT2D eigenvalue weighted by Crippen LogP contribution is -2.26. The maximum absolute atomic E-state index is 5.75. The predicted molar refractivity (Wildman–Crippen MR) is 64.0 cm³/mol.